The van der Waals surface area contributed by atoms with Crippen LogP contribution in [0, 0.1) is 0 Å². The lowest BCUT2D eigenvalue weighted by Gasteiger charge is -2.32. The molecule has 5 rings (SSSR count). The molecular formula is C26H31N5O2. The normalized spacial score (nSPS) is 16.2. The molecule has 7 nitrogen and oxygen atoms in total. The average Bonchev–Trinajstić information content (AvgIpc) is 3.42. The minimum atomic E-state index is -0.584. The largest absolute Gasteiger partial charge is 0.393 e. The molecule has 0 saturated carbocycles. The molecule has 0 aliphatic carbocycles. The van der Waals surface area contributed by atoms with Gasteiger partial charge in [0.25, 0.3) is 0 Å². The van der Waals surface area contributed by atoms with Crippen LogP contribution in [0.3, 0.4) is 0 Å². The van der Waals surface area contributed by atoms with Crippen LogP contribution in [0.2, 0.25) is 0 Å². The number of fused-ring (bicyclic) bond motifs is 2. The number of benzene rings is 1. The van der Waals surface area contributed by atoms with Gasteiger partial charge in [-0.1, -0.05) is 19.9 Å². The Morgan fingerprint density at radius 3 is 2.73 bits per heavy atom. The standard InChI is InChI=1S/C26H31N5O2/c1-16(2)25-21-13-19(18-7-10-30(11-8-18)24(33)12-17(3)32)4-5-22(21)29-26(25)20-14-27-23-6-9-28-31(23)15-20/h4-6,9,13-18,29,32H,7-8,10-12H2,1-3H3. The summed E-state index contributed by atoms with van der Waals surface area (Å²) in [7, 11) is 0. The Morgan fingerprint density at radius 1 is 1.21 bits per heavy atom. The van der Waals surface area contributed by atoms with Crippen molar-refractivity contribution in [2.45, 2.75) is 58.0 Å². The van der Waals surface area contributed by atoms with E-state index in [-0.39, 0.29) is 12.3 Å². The molecule has 1 aromatic carbocycles. The number of hydrogen-bond acceptors (Lipinski definition) is 4. The Bertz CT molecular complexity index is 1290. The summed E-state index contributed by atoms with van der Waals surface area (Å²) in [5, 5.41) is 15.1. The molecule has 1 amide bonds. The van der Waals surface area contributed by atoms with Gasteiger partial charge in [-0.05, 0) is 54.9 Å². The average molecular weight is 446 g/mol. The number of aromatic nitrogens is 4. The van der Waals surface area contributed by atoms with E-state index in [1.807, 2.05) is 27.9 Å². The minimum Gasteiger partial charge on any atom is -0.393 e. The fourth-order valence-corrected chi connectivity index (χ4v) is 5.09. The Morgan fingerprint density at radius 2 is 2.00 bits per heavy atom. The maximum Gasteiger partial charge on any atom is 0.225 e. The topological polar surface area (TPSA) is 86.5 Å². The van der Waals surface area contributed by atoms with Crippen LogP contribution in [-0.4, -0.2) is 54.7 Å². The number of aliphatic hydroxyl groups is 1. The summed E-state index contributed by atoms with van der Waals surface area (Å²) in [6.07, 6.45) is 7.22. The van der Waals surface area contributed by atoms with Gasteiger partial charge in [-0.15, -0.1) is 0 Å². The molecule has 1 saturated heterocycles. The summed E-state index contributed by atoms with van der Waals surface area (Å²) in [6.45, 7) is 7.62. The number of likely N-dealkylation sites (tertiary alicyclic amines) is 1. The van der Waals surface area contributed by atoms with Crippen LogP contribution in [0.5, 0.6) is 0 Å². The van der Waals surface area contributed by atoms with Gasteiger partial charge in [-0.2, -0.15) is 5.10 Å². The van der Waals surface area contributed by atoms with Gasteiger partial charge in [0.15, 0.2) is 5.65 Å². The molecule has 172 valence electrons. The third kappa shape index (κ3) is 4.13. The Kier molecular flexibility index (Phi) is 5.66. The first-order valence-corrected chi connectivity index (χ1v) is 11.8. The van der Waals surface area contributed by atoms with Gasteiger partial charge in [0.05, 0.1) is 24.4 Å². The molecule has 1 atom stereocenters. The highest BCUT2D eigenvalue weighted by atomic mass is 16.3. The van der Waals surface area contributed by atoms with Crippen molar-refractivity contribution in [1.82, 2.24) is 24.5 Å². The fraction of sp³-hybridized carbons (Fsp3) is 0.423. The van der Waals surface area contributed by atoms with Gasteiger partial charge >= 0.3 is 0 Å². The summed E-state index contributed by atoms with van der Waals surface area (Å²) in [4.78, 5) is 22.4. The molecule has 2 N–H and O–H groups in total. The zero-order valence-corrected chi connectivity index (χ0v) is 19.5. The van der Waals surface area contributed by atoms with E-state index in [2.05, 4.69) is 47.1 Å². The van der Waals surface area contributed by atoms with Crippen LogP contribution < -0.4 is 0 Å². The lowest BCUT2D eigenvalue weighted by Crippen LogP contribution is -2.39. The van der Waals surface area contributed by atoms with Crippen molar-refractivity contribution >= 4 is 22.5 Å². The van der Waals surface area contributed by atoms with E-state index >= 15 is 0 Å². The van der Waals surface area contributed by atoms with Crippen molar-refractivity contribution in [2.75, 3.05) is 13.1 Å². The third-order valence-electron chi connectivity index (χ3n) is 6.76. The van der Waals surface area contributed by atoms with Crippen LogP contribution >= 0.6 is 0 Å². The van der Waals surface area contributed by atoms with Crippen molar-refractivity contribution in [3.05, 3.63) is 54.0 Å². The SMILES string of the molecule is CC(O)CC(=O)N1CCC(c2ccc3[nH]c(-c4cnc5ccnn5c4)c(C(C)C)c3c2)CC1. The Balaban J connectivity index is 1.44. The minimum absolute atomic E-state index is 0.0547. The summed E-state index contributed by atoms with van der Waals surface area (Å²) in [5.41, 5.74) is 6.71. The number of aromatic amines is 1. The van der Waals surface area contributed by atoms with E-state index < -0.39 is 6.10 Å². The van der Waals surface area contributed by atoms with E-state index in [0.717, 1.165) is 48.4 Å². The van der Waals surface area contributed by atoms with Crippen LogP contribution in [0.25, 0.3) is 27.8 Å². The first-order valence-electron chi connectivity index (χ1n) is 11.8. The quantitative estimate of drug-likeness (QED) is 0.474. The van der Waals surface area contributed by atoms with E-state index in [0.29, 0.717) is 11.8 Å². The predicted octanol–water partition coefficient (Wildman–Crippen LogP) is 4.48. The van der Waals surface area contributed by atoms with Gasteiger partial charge in [-0.25, -0.2) is 9.50 Å². The molecule has 3 aromatic heterocycles. The second kappa shape index (κ2) is 8.63. The first-order chi connectivity index (χ1) is 15.9. The fourth-order valence-electron chi connectivity index (χ4n) is 5.09. The number of piperidine rings is 1. The summed E-state index contributed by atoms with van der Waals surface area (Å²) >= 11 is 0. The lowest BCUT2D eigenvalue weighted by atomic mass is 9.87. The summed E-state index contributed by atoms with van der Waals surface area (Å²) < 4.78 is 1.81. The van der Waals surface area contributed by atoms with E-state index in [1.54, 1.807) is 13.1 Å². The van der Waals surface area contributed by atoms with Crippen molar-refractivity contribution in [2.24, 2.45) is 0 Å². The Hall–Kier alpha value is -3.19. The van der Waals surface area contributed by atoms with Crippen LogP contribution in [0.1, 0.15) is 63.0 Å². The molecule has 1 unspecified atom stereocenters. The number of amides is 1. The highest BCUT2D eigenvalue weighted by Gasteiger charge is 2.25. The maximum absolute atomic E-state index is 12.3. The smallest absolute Gasteiger partial charge is 0.225 e. The molecular weight excluding hydrogens is 414 g/mol. The Labute approximate surface area is 193 Å². The monoisotopic (exact) mass is 445 g/mol. The second-order valence-electron chi connectivity index (χ2n) is 9.56. The molecule has 1 fully saturated rings. The van der Waals surface area contributed by atoms with Gasteiger partial charge in [0.2, 0.25) is 5.91 Å². The van der Waals surface area contributed by atoms with E-state index in [9.17, 15) is 9.90 Å². The molecule has 4 aromatic rings. The number of carbonyl (C=O) groups is 1. The number of H-pyrrole nitrogens is 1. The number of carbonyl (C=O) groups excluding carboxylic acids is 1. The van der Waals surface area contributed by atoms with Gasteiger partial charge in [-0.3, -0.25) is 4.79 Å². The molecule has 33 heavy (non-hydrogen) atoms. The highest BCUT2D eigenvalue weighted by Crippen LogP contribution is 2.38. The number of aliphatic hydroxyl groups excluding tert-OH is 1. The lowest BCUT2D eigenvalue weighted by molar-refractivity contribution is -0.134. The van der Waals surface area contributed by atoms with Gasteiger partial charge in [0.1, 0.15) is 0 Å². The number of hydrogen-bond donors (Lipinski definition) is 2. The van der Waals surface area contributed by atoms with Gasteiger partial charge < -0.3 is 15.0 Å². The molecule has 7 heteroatoms. The van der Waals surface area contributed by atoms with Gasteiger partial charge in [0, 0.05) is 48.0 Å². The van der Waals surface area contributed by atoms with Crippen LogP contribution in [0.4, 0.5) is 0 Å². The van der Waals surface area contributed by atoms with Crippen molar-refractivity contribution in [1.29, 1.82) is 0 Å². The summed E-state index contributed by atoms with van der Waals surface area (Å²) in [5.74, 6) is 0.835. The maximum atomic E-state index is 12.3. The molecule has 0 spiro atoms. The van der Waals surface area contributed by atoms with Crippen molar-refractivity contribution in [3.8, 4) is 11.3 Å². The molecule has 0 bridgehead atoms. The van der Waals surface area contributed by atoms with Crippen LogP contribution in [-0.2, 0) is 4.79 Å². The van der Waals surface area contributed by atoms with E-state index in [4.69, 9.17) is 0 Å². The van der Waals surface area contributed by atoms with Crippen molar-refractivity contribution in [3.63, 3.8) is 0 Å². The molecule has 1 aliphatic heterocycles. The van der Waals surface area contributed by atoms with Crippen molar-refractivity contribution < 1.29 is 9.90 Å². The molecule has 1 aliphatic rings. The number of nitrogens with zero attached hydrogens (tertiary/aromatic N) is 4. The predicted molar refractivity (Wildman–Crippen MR) is 129 cm³/mol. The summed E-state index contributed by atoms with van der Waals surface area (Å²) in [6, 6.07) is 8.64. The van der Waals surface area contributed by atoms with Crippen LogP contribution in [0.15, 0.2) is 42.9 Å². The zero-order chi connectivity index (χ0) is 23.1. The first kappa shape index (κ1) is 21.6. The highest BCUT2D eigenvalue weighted by molar-refractivity contribution is 5.92. The number of rotatable bonds is 5. The number of nitrogens with one attached hydrogen (secondary N) is 1. The third-order valence-corrected chi connectivity index (χ3v) is 6.76. The molecule has 4 heterocycles. The zero-order valence-electron chi connectivity index (χ0n) is 19.5. The molecule has 0 radical (unpaired) electrons. The van der Waals surface area contributed by atoms with E-state index in [1.165, 1.54) is 16.5 Å². The second-order valence-corrected chi connectivity index (χ2v) is 9.56.